The average Bonchev–Trinajstić information content (AvgIpc) is 2.64. The molecule has 2 N–H and O–H groups in total. The highest BCUT2D eigenvalue weighted by Crippen LogP contribution is 2.23. The fourth-order valence-corrected chi connectivity index (χ4v) is 3.15. The van der Waals surface area contributed by atoms with E-state index >= 15 is 0 Å². The van der Waals surface area contributed by atoms with E-state index in [0.29, 0.717) is 30.9 Å². The van der Waals surface area contributed by atoms with Gasteiger partial charge in [-0.2, -0.15) is 0 Å². The Labute approximate surface area is 151 Å². The molecule has 0 unspecified atom stereocenters. The molecule has 0 aliphatic carbocycles. The van der Waals surface area contributed by atoms with Crippen LogP contribution in [0.2, 0.25) is 0 Å². The van der Waals surface area contributed by atoms with Crippen LogP contribution in [0.15, 0.2) is 43.1 Å². The van der Waals surface area contributed by atoms with E-state index in [2.05, 4.69) is 21.9 Å². The maximum atomic E-state index is 14.2. The Morgan fingerprint density at radius 1 is 1.50 bits per heavy atom. The molecule has 1 amide bonds. The Bertz CT molecular complexity index is 812. The molecule has 1 saturated heterocycles. The number of aromatic nitrogens is 2. The number of piperidine rings is 1. The second kappa shape index (κ2) is 7.95. The third-order valence-electron chi connectivity index (χ3n) is 4.41. The molecule has 0 saturated carbocycles. The summed E-state index contributed by atoms with van der Waals surface area (Å²) >= 11 is 0. The smallest absolute Gasteiger partial charge is 0.245 e. The van der Waals surface area contributed by atoms with E-state index < -0.39 is 5.82 Å². The van der Waals surface area contributed by atoms with Gasteiger partial charge in [-0.3, -0.25) is 4.79 Å². The Balaban J connectivity index is 1.71. The fraction of sp³-hybridized carbons (Fsp3) is 0.316. The van der Waals surface area contributed by atoms with Gasteiger partial charge in [0.15, 0.2) is 5.82 Å². The predicted molar refractivity (Wildman–Crippen MR) is 96.6 cm³/mol. The number of rotatable bonds is 5. The summed E-state index contributed by atoms with van der Waals surface area (Å²) in [7, 11) is 0. The van der Waals surface area contributed by atoms with Gasteiger partial charge in [0, 0.05) is 24.8 Å². The molecule has 1 aliphatic rings. The van der Waals surface area contributed by atoms with Gasteiger partial charge in [0.05, 0.1) is 11.9 Å². The van der Waals surface area contributed by atoms with Crippen LogP contribution in [0.1, 0.15) is 18.5 Å². The molecular weight excluding hydrogens is 335 g/mol. The lowest BCUT2D eigenvalue weighted by molar-refractivity contribution is -0.127. The summed E-state index contributed by atoms with van der Waals surface area (Å²) in [5.74, 6) is -0.0262. The van der Waals surface area contributed by atoms with Gasteiger partial charge >= 0.3 is 0 Å². The zero-order valence-corrected chi connectivity index (χ0v) is 14.4. The van der Waals surface area contributed by atoms with Crippen LogP contribution in [0.25, 0.3) is 0 Å². The first-order valence-corrected chi connectivity index (χ1v) is 8.54. The van der Waals surface area contributed by atoms with Gasteiger partial charge < -0.3 is 15.3 Å². The number of benzene rings is 1. The number of phenolic OH excluding ortho intramolecular Hbond substituents is 1. The number of carbonyl (C=O) groups is 1. The van der Waals surface area contributed by atoms with Crippen LogP contribution in [-0.2, 0) is 11.2 Å². The molecule has 1 aromatic carbocycles. The number of nitrogens with one attached hydrogen (secondary N) is 1. The van der Waals surface area contributed by atoms with Crippen LogP contribution in [0.4, 0.5) is 16.0 Å². The molecule has 3 rings (SSSR count). The quantitative estimate of drug-likeness (QED) is 0.805. The van der Waals surface area contributed by atoms with Gasteiger partial charge in [0.25, 0.3) is 0 Å². The molecule has 7 heteroatoms. The molecule has 1 aliphatic heterocycles. The average molecular weight is 356 g/mol. The van der Waals surface area contributed by atoms with E-state index in [0.717, 1.165) is 19.0 Å². The maximum absolute atomic E-state index is 14.2. The number of nitrogens with zero attached hydrogens (tertiary/aromatic N) is 3. The van der Waals surface area contributed by atoms with Crippen molar-refractivity contribution in [3.63, 3.8) is 0 Å². The Kier molecular flexibility index (Phi) is 5.46. The third kappa shape index (κ3) is 4.36. The lowest BCUT2D eigenvalue weighted by Gasteiger charge is -2.32. The summed E-state index contributed by atoms with van der Waals surface area (Å²) in [4.78, 5) is 21.8. The summed E-state index contributed by atoms with van der Waals surface area (Å²) in [6.45, 7) is 4.80. The number of phenols is 1. The van der Waals surface area contributed by atoms with Crippen LogP contribution in [0.5, 0.6) is 5.75 Å². The molecule has 1 fully saturated rings. The van der Waals surface area contributed by atoms with E-state index in [-0.39, 0.29) is 23.5 Å². The number of amides is 1. The minimum absolute atomic E-state index is 0.0934. The highest BCUT2D eigenvalue weighted by Gasteiger charge is 2.24. The zero-order valence-electron chi connectivity index (χ0n) is 14.4. The van der Waals surface area contributed by atoms with Crippen molar-refractivity contribution in [1.29, 1.82) is 0 Å². The normalized spacial score (nSPS) is 17.0. The summed E-state index contributed by atoms with van der Waals surface area (Å²) in [5, 5.41) is 12.5. The molecule has 2 heterocycles. The monoisotopic (exact) mass is 356 g/mol. The molecule has 6 nitrogen and oxygen atoms in total. The van der Waals surface area contributed by atoms with E-state index in [4.69, 9.17) is 0 Å². The van der Waals surface area contributed by atoms with Crippen LogP contribution in [-0.4, -0.2) is 39.0 Å². The Morgan fingerprint density at radius 3 is 3.12 bits per heavy atom. The van der Waals surface area contributed by atoms with Crippen molar-refractivity contribution in [2.45, 2.75) is 19.3 Å². The lowest BCUT2D eigenvalue weighted by Crippen LogP contribution is -2.39. The molecule has 0 spiro atoms. The number of likely N-dealkylation sites (tertiary alicyclic amines) is 1. The third-order valence-corrected chi connectivity index (χ3v) is 4.41. The first kappa shape index (κ1) is 17.8. The minimum atomic E-state index is -0.460. The van der Waals surface area contributed by atoms with E-state index in [9.17, 15) is 14.3 Å². The number of carbonyl (C=O) groups excluding carboxylic acids is 1. The molecule has 1 aromatic heterocycles. The largest absolute Gasteiger partial charge is 0.508 e. The molecule has 26 heavy (non-hydrogen) atoms. The number of aromatic hydroxyl groups is 1. The highest BCUT2D eigenvalue weighted by molar-refractivity contribution is 5.87. The first-order chi connectivity index (χ1) is 12.5. The Hall–Kier alpha value is -2.96. The van der Waals surface area contributed by atoms with Crippen molar-refractivity contribution in [3.8, 4) is 5.75 Å². The van der Waals surface area contributed by atoms with Crippen molar-refractivity contribution < 1.29 is 14.3 Å². The van der Waals surface area contributed by atoms with Gasteiger partial charge in [0.2, 0.25) is 11.9 Å². The zero-order chi connectivity index (χ0) is 18.5. The first-order valence-electron chi connectivity index (χ1n) is 8.54. The van der Waals surface area contributed by atoms with Crippen molar-refractivity contribution >= 4 is 17.5 Å². The summed E-state index contributed by atoms with van der Waals surface area (Å²) in [5.41, 5.74) is 0.934. The minimum Gasteiger partial charge on any atom is -0.508 e. The SMILES string of the molecule is C=CC(=O)N1CCC[C@H](Cc2nc(Nc3cccc(O)c3)ncc2F)C1. The molecule has 0 bridgehead atoms. The number of hydrogen-bond donors (Lipinski definition) is 2. The molecule has 1 atom stereocenters. The highest BCUT2D eigenvalue weighted by atomic mass is 19.1. The van der Waals surface area contributed by atoms with Crippen molar-refractivity contribution in [2.24, 2.45) is 5.92 Å². The molecule has 2 aromatic rings. The summed E-state index contributed by atoms with van der Waals surface area (Å²) in [6.07, 6.45) is 4.68. The van der Waals surface area contributed by atoms with E-state index in [1.165, 1.54) is 12.1 Å². The van der Waals surface area contributed by atoms with Crippen LogP contribution >= 0.6 is 0 Å². The number of halogens is 1. The number of anilines is 2. The van der Waals surface area contributed by atoms with Crippen molar-refractivity contribution in [1.82, 2.24) is 14.9 Å². The Morgan fingerprint density at radius 2 is 2.35 bits per heavy atom. The molecule has 0 radical (unpaired) electrons. The van der Waals surface area contributed by atoms with Gasteiger partial charge in [-0.1, -0.05) is 12.6 Å². The topological polar surface area (TPSA) is 78.4 Å². The lowest BCUT2D eigenvalue weighted by atomic mass is 9.93. The maximum Gasteiger partial charge on any atom is 0.245 e. The number of hydrogen-bond acceptors (Lipinski definition) is 5. The van der Waals surface area contributed by atoms with Gasteiger partial charge in [-0.05, 0) is 43.4 Å². The fourth-order valence-electron chi connectivity index (χ4n) is 3.15. The van der Waals surface area contributed by atoms with Gasteiger partial charge in [-0.25, -0.2) is 14.4 Å². The second-order valence-corrected chi connectivity index (χ2v) is 6.36. The van der Waals surface area contributed by atoms with E-state index in [1.807, 2.05) is 0 Å². The van der Waals surface area contributed by atoms with Crippen molar-refractivity contribution in [3.05, 3.63) is 54.6 Å². The second-order valence-electron chi connectivity index (χ2n) is 6.36. The van der Waals surface area contributed by atoms with Gasteiger partial charge in [0.1, 0.15) is 5.75 Å². The summed E-state index contributed by atoms with van der Waals surface area (Å²) in [6, 6.07) is 6.54. The van der Waals surface area contributed by atoms with Crippen LogP contribution in [0.3, 0.4) is 0 Å². The van der Waals surface area contributed by atoms with E-state index in [1.54, 1.807) is 23.1 Å². The van der Waals surface area contributed by atoms with Gasteiger partial charge in [-0.15, -0.1) is 0 Å². The van der Waals surface area contributed by atoms with Crippen LogP contribution in [0, 0.1) is 11.7 Å². The summed E-state index contributed by atoms with van der Waals surface area (Å²) < 4.78 is 14.2. The standard InChI is InChI=1S/C19H21FN4O2/c1-2-18(26)24-8-4-5-13(12-24)9-17-16(20)11-21-19(23-17)22-14-6-3-7-15(25)10-14/h2-3,6-7,10-11,13,25H,1,4-5,8-9,12H2,(H,21,22,23)/t13-/m1/s1. The molecule has 136 valence electrons. The van der Waals surface area contributed by atoms with Crippen molar-refractivity contribution in [2.75, 3.05) is 18.4 Å². The molecular formula is C19H21FN4O2. The predicted octanol–water partition coefficient (Wildman–Crippen LogP) is 3.03. The van der Waals surface area contributed by atoms with Crippen LogP contribution < -0.4 is 5.32 Å².